The molecule has 1 aromatic heterocycles. The Morgan fingerprint density at radius 3 is 2.53 bits per heavy atom. The number of nitrogens with zero attached hydrogens (tertiary/aromatic N) is 2. The number of aromatic amines is 1. The molecule has 0 aliphatic rings. The molecule has 5 nitrogen and oxygen atoms in total. The number of aliphatic hydroxyl groups is 1. The molecule has 1 atom stereocenters. The quantitative estimate of drug-likeness (QED) is 0.830. The third-order valence-electron chi connectivity index (χ3n) is 2.79. The number of ether oxygens (including phenoxy) is 1. The molecule has 1 heterocycles. The van der Waals surface area contributed by atoms with Crippen molar-refractivity contribution >= 4 is 5.82 Å². The van der Waals surface area contributed by atoms with Crippen LogP contribution in [0, 0.1) is 0 Å². The first-order valence-electron chi connectivity index (χ1n) is 6.77. The lowest BCUT2D eigenvalue weighted by molar-refractivity contribution is -0.0461. The van der Waals surface area contributed by atoms with Crippen LogP contribution in [0.3, 0.4) is 0 Å². The monoisotopic (exact) mass is 269 g/mol. The third-order valence-corrected chi connectivity index (χ3v) is 2.79. The van der Waals surface area contributed by atoms with Crippen LogP contribution < -0.4 is 4.90 Å². The van der Waals surface area contributed by atoms with Gasteiger partial charge in [-0.05, 0) is 26.7 Å². The smallest absolute Gasteiger partial charge is 0.150 e. The molecule has 0 saturated heterocycles. The molecule has 1 unspecified atom stereocenters. The van der Waals surface area contributed by atoms with Gasteiger partial charge in [-0.25, -0.2) is 0 Å². The van der Waals surface area contributed by atoms with Gasteiger partial charge < -0.3 is 14.7 Å². The van der Waals surface area contributed by atoms with E-state index in [-0.39, 0.29) is 5.60 Å². The maximum Gasteiger partial charge on any atom is 0.150 e. The predicted octanol–water partition coefficient (Wildman–Crippen LogP) is 2.15. The Kier molecular flexibility index (Phi) is 5.38. The molecule has 110 valence electrons. The van der Waals surface area contributed by atoms with E-state index in [9.17, 15) is 5.11 Å². The second kappa shape index (κ2) is 6.39. The Balaban J connectivity index is 2.47. The number of likely N-dealkylation sites (N-methyl/N-ethyl adjacent to an activating group) is 1. The van der Waals surface area contributed by atoms with Crippen molar-refractivity contribution in [3.63, 3.8) is 0 Å². The van der Waals surface area contributed by atoms with Crippen molar-refractivity contribution in [3.05, 3.63) is 11.8 Å². The topological polar surface area (TPSA) is 61.4 Å². The van der Waals surface area contributed by atoms with E-state index < -0.39 is 6.10 Å². The fourth-order valence-corrected chi connectivity index (χ4v) is 1.63. The number of hydrogen-bond donors (Lipinski definition) is 2. The van der Waals surface area contributed by atoms with Crippen LogP contribution in [0.4, 0.5) is 5.82 Å². The fraction of sp³-hybridized carbons (Fsp3) is 0.786. The molecule has 19 heavy (non-hydrogen) atoms. The first kappa shape index (κ1) is 16.0. The van der Waals surface area contributed by atoms with Gasteiger partial charge >= 0.3 is 0 Å². The normalized spacial score (nSPS) is 13.9. The zero-order chi connectivity index (χ0) is 14.6. The number of aliphatic hydroxyl groups excluding tert-OH is 1. The predicted molar refractivity (Wildman–Crippen MR) is 77.7 cm³/mol. The second-order valence-electron chi connectivity index (χ2n) is 6.29. The lowest BCUT2D eigenvalue weighted by Crippen LogP contribution is -2.35. The lowest BCUT2D eigenvalue weighted by Gasteiger charge is -2.24. The zero-order valence-electron chi connectivity index (χ0n) is 12.9. The first-order valence-corrected chi connectivity index (χ1v) is 6.77. The summed E-state index contributed by atoms with van der Waals surface area (Å²) in [6.07, 6.45) is -0.525. The molecule has 5 heteroatoms. The van der Waals surface area contributed by atoms with Gasteiger partial charge in [0.2, 0.25) is 0 Å². The van der Waals surface area contributed by atoms with Gasteiger partial charge in [-0.2, -0.15) is 5.10 Å². The molecular formula is C14H27N3O2. The van der Waals surface area contributed by atoms with Crippen molar-refractivity contribution in [2.24, 2.45) is 0 Å². The van der Waals surface area contributed by atoms with E-state index in [0.29, 0.717) is 19.1 Å². The highest BCUT2D eigenvalue weighted by Crippen LogP contribution is 2.17. The Hall–Kier alpha value is -1.07. The molecule has 0 spiro atoms. The molecule has 0 bridgehead atoms. The number of anilines is 1. The number of nitrogens with one attached hydrogen (secondary N) is 1. The van der Waals surface area contributed by atoms with E-state index in [2.05, 4.69) is 24.0 Å². The summed E-state index contributed by atoms with van der Waals surface area (Å²) in [5.74, 6) is 1.27. The minimum Gasteiger partial charge on any atom is -0.389 e. The summed E-state index contributed by atoms with van der Waals surface area (Å²) in [5, 5.41) is 17.2. The van der Waals surface area contributed by atoms with Crippen LogP contribution >= 0.6 is 0 Å². The summed E-state index contributed by atoms with van der Waals surface area (Å²) in [7, 11) is 1.92. The average molecular weight is 269 g/mol. The minimum atomic E-state index is -0.525. The van der Waals surface area contributed by atoms with Crippen molar-refractivity contribution in [3.8, 4) is 0 Å². The van der Waals surface area contributed by atoms with E-state index >= 15 is 0 Å². The summed E-state index contributed by atoms with van der Waals surface area (Å²) >= 11 is 0. The molecule has 0 fully saturated rings. The van der Waals surface area contributed by atoms with Gasteiger partial charge in [0.1, 0.15) is 5.82 Å². The maximum absolute atomic E-state index is 9.96. The molecule has 0 amide bonds. The van der Waals surface area contributed by atoms with Gasteiger partial charge in [-0.1, -0.05) is 13.8 Å². The molecule has 2 N–H and O–H groups in total. The fourth-order valence-electron chi connectivity index (χ4n) is 1.63. The summed E-state index contributed by atoms with van der Waals surface area (Å²) in [6.45, 7) is 11.0. The highest BCUT2D eigenvalue weighted by atomic mass is 16.5. The van der Waals surface area contributed by atoms with E-state index in [1.165, 1.54) is 0 Å². The number of hydrogen-bond acceptors (Lipinski definition) is 4. The molecule has 1 rings (SSSR count). The molecule has 0 aromatic carbocycles. The van der Waals surface area contributed by atoms with E-state index in [0.717, 1.165) is 11.5 Å². The summed E-state index contributed by atoms with van der Waals surface area (Å²) in [4.78, 5) is 1.93. The largest absolute Gasteiger partial charge is 0.389 e. The van der Waals surface area contributed by atoms with Crippen LogP contribution in [0.5, 0.6) is 0 Å². The second-order valence-corrected chi connectivity index (χ2v) is 6.29. The Labute approximate surface area is 116 Å². The van der Waals surface area contributed by atoms with Crippen LogP contribution in [-0.2, 0) is 4.74 Å². The summed E-state index contributed by atoms with van der Waals surface area (Å²) in [5.41, 5.74) is 0.874. The molecular weight excluding hydrogens is 242 g/mol. The van der Waals surface area contributed by atoms with Crippen molar-refractivity contribution in [1.82, 2.24) is 10.2 Å². The average Bonchev–Trinajstić information content (AvgIpc) is 2.74. The molecule has 0 aliphatic carbocycles. The van der Waals surface area contributed by atoms with Crippen LogP contribution in [-0.4, -0.2) is 47.2 Å². The first-order chi connectivity index (χ1) is 8.69. The van der Waals surface area contributed by atoms with Crippen LogP contribution in [0.25, 0.3) is 0 Å². The van der Waals surface area contributed by atoms with Gasteiger partial charge in [0.15, 0.2) is 0 Å². The van der Waals surface area contributed by atoms with Gasteiger partial charge in [-0.15, -0.1) is 0 Å². The molecule has 0 radical (unpaired) electrons. The van der Waals surface area contributed by atoms with Crippen molar-refractivity contribution < 1.29 is 9.84 Å². The molecule has 1 aromatic rings. The zero-order valence-corrected chi connectivity index (χ0v) is 12.9. The van der Waals surface area contributed by atoms with Crippen LogP contribution in [0.2, 0.25) is 0 Å². The number of aromatic nitrogens is 2. The van der Waals surface area contributed by atoms with Crippen molar-refractivity contribution in [1.29, 1.82) is 0 Å². The van der Waals surface area contributed by atoms with Gasteiger partial charge in [0.05, 0.1) is 18.3 Å². The Bertz CT molecular complexity index is 382. The Morgan fingerprint density at radius 2 is 2.05 bits per heavy atom. The maximum atomic E-state index is 9.96. The van der Waals surface area contributed by atoms with Crippen molar-refractivity contribution in [2.45, 2.75) is 52.2 Å². The van der Waals surface area contributed by atoms with Gasteiger partial charge in [0, 0.05) is 25.4 Å². The van der Waals surface area contributed by atoms with Gasteiger partial charge in [-0.3, -0.25) is 5.10 Å². The highest BCUT2D eigenvalue weighted by molar-refractivity contribution is 5.39. The lowest BCUT2D eigenvalue weighted by atomic mass is 10.1. The summed E-state index contributed by atoms with van der Waals surface area (Å²) in [6, 6.07) is 2.02. The molecule has 0 saturated carbocycles. The molecule has 0 aliphatic heterocycles. The van der Waals surface area contributed by atoms with Crippen LogP contribution in [0.15, 0.2) is 6.07 Å². The minimum absolute atomic E-state index is 0.225. The number of rotatable bonds is 6. The van der Waals surface area contributed by atoms with Crippen LogP contribution in [0.1, 0.15) is 46.2 Å². The van der Waals surface area contributed by atoms with Crippen molar-refractivity contribution in [2.75, 3.05) is 25.1 Å². The highest BCUT2D eigenvalue weighted by Gasteiger charge is 2.16. The van der Waals surface area contributed by atoms with E-state index in [1.54, 1.807) is 0 Å². The number of H-pyrrole nitrogens is 1. The standard InChI is InChI=1S/C14H27N3O2/c1-10(2)12-7-13(16-15-12)17(6)8-11(18)9-19-14(3,4)5/h7,10-11,18H,8-9H2,1-6H3,(H,15,16). The van der Waals surface area contributed by atoms with Gasteiger partial charge in [0.25, 0.3) is 0 Å². The third kappa shape index (κ3) is 5.61. The SMILES string of the molecule is CC(C)c1cc(N(C)CC(O)COC(C)(C)C)n[nH]1. The Morgan fingerprint density at radius 1 is 1.42 bits per heavy atom. The van der Waals surface area contributed by atoms with E-state index in [1.807, 2.05) is 38.8 Å². The van der Waals surface area contributed by atoms with E-state index in [4.69, 9.17) is 4.74 Å². The summed E-state index contributed by atoms with van der Waals surface area (Å²) < 4.78 is 5.57.